The van der Waals surface area contributed by atoms with Crippen molar-refractivity contribution in [2.75, 3.05) is 0 Å². The summed E-state index contributed by atoms with van der Waals surface area (Å²) in [6, 6.07) is 8.26. The lowest BCUT2D eigenvalue weighted by atomic mass is 9.93. The smallest absolute Gasteiger partial charge is 0.221 e. The standard InChI is InChI=1S/C20H28N4O/c1-14-9-5-6-10-16(14)15(2)13-18(25)21-20(3,4)19-23-22-17-11-7-8-12-24(17)19/h5-6,9-10,15H,7-8,11-13H2,1-4H3,(H,21,25). The third kappa shape index (κ3) is 3.75. The number of hydrogen-bond donors (Lipinski definition) is 1. The summed E-state index contributed by atoms with van der Waals surface area (Å²) in [7, 11) is 0. The molecule has 5 nitrogen and oxygen atoms in total. The van der Waals surface area contributed by atoms with Crippen molar-refractivity contribution in [1.82, 2.24) is 20.1 Å². The highest BCUT2D eigenvalue weighted by Crippen LogP contribution is 2.25. The number of nitrogens with zero attached hydrogens (tertiary/aromatic N) is 3. The Bertz CT molecular complexity index is 763. The van der Waals surface area contributed by atoms with Crippen molar-refractivity contribution in [3.05, 3.63) is 47.0 Å². The molecule has 0 fully saturated rings. The molecule has 1 aliphatic rings. The minimum absolute atomic E-state index is 0.0499. The van der Waals surface area contributed by atoms with Crippen molar-refractivity contribution >= 4 is 5.91 Å². The van der Waals surface area contributed by atoms with E-state index in [2.05, 4.69) is 46.1 Å². The van der Waals surface area contributed by atoms with Crippen LogP contribution >= 0.6 is 0 Å². The van der Waals surface area contributed by atoms with Crippen LogP contribution in [0.2, 0.25) is 0 Å². The number of aryl methyl sites for hydroxylation is 2. The first kappa shape index (κ1) is 17.6. The van der Waals surface area contributed by atoms with Gasteiger partial charge in [0.05, 0.1) is 5.54 Å². The molecular weight excluding hydrogens is 312 g/mol. The lowest BCUT2D eigenvalue weighted by Crippen LogP contribution is -2.43. The Kier molecular flexibility index (Phi) is 4.93. The fourth-order valence-electron chi connectivity index (χ4n) is 3.75. The van der Waals surface area contributed by atoms with Crippen molar-refractivity contribution in [3.63, 3.8) is 0 Å². The average molecular weight is 340 g/mol. The van der Waals surface area contributed by atoms with E-state index >= 15 is 0 Å². The zero-order valence-electron chi connectivity index (χ0n) is 15.7. The molecule has 1 aromatic heterocycles. The fourth-order valence-corrected chi connectivity index (χ4v) is 3.75. The largest absolute Gasteiger partial charge is 0.344 e. The van der Waals surface area contributed by atoms with Gasteiger partial charge >= 0.3 is 0 Å². The number of rotatable bonds is 5. The second kappa shape index (κ2) is 6.98. The molecule has 3 rings (SSSR count). The topological polar surface area (TPSA) is 59.8 Å². The van der Waals surface area contributed by atoms with Gasteiger partial charge in [0.2, 0.25) is 5.91 Å². The SMILES string of the molecule is Cc1ccccc1C(C)CC(=O)NC(C)(C)c1nnc2n1CCCC2. The predicted octanol–water partition coefficient (Wildman–Crippen LogP) is 3.47. The number of fused-ring (bicyclic) bond motifs is 1. The second-order valence-electron chi connectivity index (χ2n) is 7.68. The van der Waals surface area contributed by atoms with Crippen LogP contribution < -0.4 is 5.32 Å². The highest BCUT2D eigenvalue weighted by Gasteiger charge is 2.31. The normalized spacial score (nSPS) is 15.5. The lowest BCUT2D eigenvalue weighted by Gasteiger charge is -2.28. The van der Waals surface area contributed by atoms with Crippen molar-refractivity contribution in [1.29, 1.82) is 0 Å². The van der Waals surface area contributed by atoms with Crippen LogP contribution in [0.5, 0.6) is 0 Å². The molecule has 1 N–H and O–H groups in total. The summed E-state index contributed by atoms with van der Waals surface area (Å²) in [5, 5.41) is 11.9. The molecule has 25 heavy (non-hydrogen) atoms. The highest BCUT2D eigenvalue weighted by atomic mass is 16.1. The number of carbonyl (C=O) groups is 1. The van der Waals surface area contributed by atoms with E-state index < -0.39 is 5.54 Å². The Labute approximate surface area is 149 Å². The van der Waals surface area contributed by atoms with E-state index in [4.69, 9.17) is 0 Å². The number of carbonyl (C=O) groups excluding carboxylic acids is 1. The molecule has 1 atom stereocenters. The van der Waals surface area contributed by atoms with Crippen molar-refractivity contribution in [3.8, 4) is 0 Å². The van der Waals surface area contributed by atoms with Crippen molar-refractivity contribution in [2.24, 2.45) is 0 Å². The maximum Gasteiger partial charge on any atom is 0.221 e. The summed E-state index contributed by atoms with van der Waals surface area (Å²) in [6.45, 7) is 9.16. The first-order chi connectivity index (χ1) is 11.9. The first-order valence-electron chi connectivity index (χ1n) is 9.17. The molecule has 134 valence electrons. The van der Waals surface area contributed by atoms with E-state index in [0.717, 1.165) is 31.0 Å². The average Bonchev–Trinajstić information content (AvgIpc) is 2.99. The zero-order chi connectivity index (χ0) is 18.0. The summed E-state index contributed by atoms with van der Waals surface area (Å²) >= 11 is 0. The molecule has 2 aromatic rings. The number of aromatic nitrogens is 3. The third-order valence-corrected chi connectivity index (χ3v) is 5.08. The summed E-state index contributed by atoms with van der Waals surface area (Å²) in [6.07, 6.45) is 3.75. The monoisotopic (exact) mass is 340 g/mol. The van der Waals surface area contributed by atoms with Gasteiger partial charge < -0.3 is 9.88 Å². The molecule has 5 heteroatoms. The molecule has 0 radical (unpaired) electrons. The molecule has 0 saturated carbocycles. The molecule has 1 aromatic carbocycles. The lowest BCUT2D eigenvalue weighted by molar-refractivity contribution is -0.123. The number of hydrogen-bond acceptors (Lipinski definition) is 3. The van der Waals surface area contributed by atoms with Crippen molar-refractivity contribution in [2.45, 2.75) is 71.4 Å². The maximum atomic E-state index is 12.6. The molecule has 1 aliphatic heterocycles. The predicted molar refractivity (Wildman–Crippen MR) is 98.3 cm³/mol. The molecule has 0 saturated heterocycles. The minimum atomic E-state index is -0.523. The molecule has 0 aliphatic carbocycles. The van der Waals surface area contributed by atoms with E-state index in [0.29, 0.717) is 6.42 Å². The Hall–Kier alpha value is -2.17. The van der Waals surface area contributed by atoms with Crippen LogP contribution in [0.4, 0.5) is 0 Å². The highest BCUT2D eigenvalue weighted by molar-refractivity contribution is 5.77. The minimum Gasteiger partial charge on any atom is -0.344 e. The second-order valence-corrected chi connectivity index (χ2v) is 7.68. The molecule has 0 spiro atoms. The molecule has 2 heterocycles. The van der Waals surface area contributed by atoms with Gasteiger partial charge in [-0.15, -0.1) is 10.2 Å². The van der Waals surface area contributed by atoms with Gasteiger partial charge in [-0.2, -0.15) is 0 Å². The summed E-state index contributed by atoms with van der Waals surface area (Å²) in [4.78, 5) is 12.6. The fraction of sp³-hybridized carbons (Fsp3) is 0.550. The summed E-state index contributed by atoms with van der Waals surface area (Å²) in [5.41, 5.74) is 1.94. The van der Waals surface area contributed by atoms with Gasteiger partial charge in [0.1, 0.15) is 5.82 Å². The van der Waals surface area contributed by atoms with E-state index in [1.807, 2.05) is 26.0 Å². The quantitative estimate of drug-likeness (QED) is 0.906. The number of amides is 1. The maximum absolute atomic E-state index is 12.6. The molecule has 1 amide bonds. The van der Waals surface area contributed by atoms with E-state index in [1.54, 1.807) is 0 Å². The summed E-state index contributed by atoms with van der Waals surface area (Å²) in [5.74, 6) is 2.13. The van der Waals surface area contributed by atoms with Gasteiger partial charge in [0, 0.05) is 19.4 Å². The zero-order valence-corrected chi connectivity index (χ0v) is 15.7. The van der Waals surface area contributed by atoms with E-state index in [-0.39, 0.29) is 11.8 Å². The Balaban J connectivity index is 1.69. The Morgan fingerprint density at radius 1 is 1.28 bits per heavy atom. The van der Waals surface area contributed by atoms with E-state index in [1.165, 1.54) is 17.5 Å². The van der Waals surface area contributed by atoms with Crippen LogP contribution in [-0.4, -0.2) is 20.7 Å². The van der Waals surface area contributed by atoms with Gasteiger partial charge in [-0.1, -0.05) is 31.2 Å². The number of nitrogens with one attached hydrogen (secondary N) is 1. The Morgan fingerprint density at radius 3 is 2.80 bits per heavy atom. The van der Waals surface area contributed by atoms with Gasteiger partial charge in [-0.3, -0.25) is 4.79 Å². The van der Waals surface area contributed by atoms with Gasteiger partial charge in [-0.05, 0) is 50.7 Å². The van der Waals surface area contributed by atoms with Gasteiger partial charge in [0.25, 0.3) is 0 Å². The molecule has 0 bridgehead atoms. The summed E-state index contributed by atoms with van der Waals surface area (Å²) < 4.78 is 2.18. The van der Waals surface area contributed by atoms with Crippen LogP contribution in [0.25, 0.3) is 0 Å². The third-order valence-electron chi connectivity index (χ3n) is 5.08. The van der Waals surface area contributed by atoms with Crippen LogP contribution in [0.1, 0.15) is 68.7 Å². The van der Waals surface area contributed by atoms with Gasteiger partial charge in [-0.25, -0.2) is 0 Å². The molecular formula is C20H28N4O. The van der Waals surface area contributed by atoms with E-state index in [9.17, 15) is 4.79 Å². The van der Waals surface area contributed by atoms with Crippen LogP contribution in [0.15, 0.2) is 24.3 Å². The Morgan fingerprint density at radius 2 is 2.04 bits per heavy atom. The van der Waals surface area contributed by atoms with Crippen LogP contribution in [-0.2, 0) is 23.3 Å². The molecule has 1 unspecified atom stereocenters. The number of benzene rings is 1. The van der Waals surface area contributed by atoms with Gasteiger partial charge in [0.15, 0.2) is 5.82 Å². The first-order valence-corrected chi connectivity index (χ1v) is 9.17. The van der Waals surface area contributed by atoms with Crippen molar-refractivity contribution < 1.29 is 4.79 Å². The van der Waals surface area contributed by atoms with Crippen LogP contribution in [0, 0.1) is 6.92 Å². The van der Waals surface area contributed by atoms with Crippen LogP contribution in [0.3, 0.4) is 0 Å².